The van der Waals surface area contributed by atoms with Gasteiger partial charge in [0.15, 0.2) is 40.5 Å². The van der Waals surface area contributed by atoms with Gasteiger partial charge in [0.25, 0.3) is 0 Å². The molecule has 0 unspecified atom stereocenters. The molecule has 0 atom stereocenters. The average Bonchev–Trinajstić information content (AvgIpc) is 0.800. The van der Waals surface area contributed by atoms with Crippen molar-refractivity contribution < 1.29 is 139 Å². The second-order valence-electron chi connectivity index (χ2n) is 35.0. The fourth-order valence-corrected chi connectivity index (χ4v) is 16.8. The molecule has 0 saturated heterocycles. The van der Waals surface area contributed by atoms with E-state index in [0.29, 0.717) is 0 Å². The van der Waals surface area contributed by atoms with E-state index < -0.39 is 62.5 Å². The topological polar surface area (TPSA) is 280 Å². The molecule has 0 N–H and O–H groups in total. The maximum atomic E-state index is 10.7. The number of aryl methyl sites for hydroxylation is 24. The monoisotopic (exact) mass is 2220 g/mol. The zero-order valence-electron chi connectivity index (χ0n) is 86.0. The first-order valence-corrected chi connectivity index (χ1v) is 50.7. The van der Waals surface area contributed by atoms with E-state index in [1.54, 1.807) is 0 Å². The molecule has 4 heterocycles. The van der Waals surface area contributed by atoms with Gasteiger partial charge >= 0.3 is 56.2 Å². The SMILES string of the molecule is Cc1cc(C)c(-c2ccc(-c3c(C)cc(C)cc3C)nc2)c(C)c1.Cc1cc(C)c(-c2ccc(-c3c(C)cc(C)cc3C)nc2)c(C)c1.Cc1cc(C)c(-c2ccc(-c3c(C)cc(C)cc3C)nc2)c(C)c1.Cc1cc(C)c(-c2ccc(-c3c(C)cc(C)cc3C)nc2)c(C)c1.O=S(=O)([O-])C(F)(F)F.O=S(=O)([O-])C(F)(F)F.O=S(=O)([O-])C(F)(F)F.O=S(=O)([O-])C(F)(F)F.[Cu+2].[Cu+2].c1ccccc1.c1ccccc1.c1ccccc1. The molecule has 0 spiro atoms. The van der Waals surface area contributed by atoms with Crippen LogP contribution in [-0.4, -0.2) is 93.9 Å². The molecule has 34 heteroatoms. The molecule has 15 aromatic rings. The Bertz CT molecular complexity index is 5970. The molecule has 0 fully saturated rings. The van der Waals surface area contributed by atoms with Crippen LogP contribution >= 0.6 is 0 Å². The van der Waals surface area contributed by atoms with Crippen LogP contribution in [-0.2, 0) is 74.6 Å². The summed E-state index contributed by atoms with van der Waals surface area (Å²) in [6, 6.07) is 89.2. The molecular formula is C114H118Cu2F12N4O12S4. The number of rotatable bonds is 8. The normalized spacial score (nSPS) is 11.1. The van der Waals surface area contributed by atoms with E-state index in [-0.39, 0.29) is 34.1 Å². The van der Waals surface area contributed by atoms with Crippen LogP contribution in [0.4, 0.5) is 52.7 Å². The predicted molar refractivity (Wildman–Crippen MR) is 556 cm³/mol. The van der Waals surface area contributed by atoms with Gasteiger partial charge in [0.1, 0.15) is 0 Å². The molecule has 2 radical (unpaired) electrons. The third-order valence-electron chi connectivity index (χ3n) is 21.8. The molecule has 15 rings (SSSR count). The van der Waals surface area contributed by atoms with Crippen molar-refractivity contribution in [2.75, 3.05) is 0 Å². The summed E-state index contributed by atoms with van der Waals surface area (Å²) in [5.74, 6) is 0. The van der Waals surface area contributed by atoms with E-state index in [1.807, 2.05) is 134 Å². The van der Waals surface area contributed by atoms with Gasteiger partial charge in [0.2, 0.25) is 0 Å². The fourth-order valence-electron chi connectivity index (χ4n) is 16.8. The first-order chi connectivity index (χ1) is 67.5. The van der Waals surface area contributed by atoms with Gasteiger partial charge in [0, 0.05) is 69.3 Å². The van der Waals surface area contributed by atoms with Crippen LogP contribution in [0.5, 0.6) is 0 Å². The molecule has 148 heavy (non-hydrogen) atoms. The summed E-state index contributed by atoms with van der Waals surface area (Å²) in [6.45, 7) is 51.9. The van der Waals surface area contributed by atoms with Gasteiger partial charge in [0.05, 0.1) is 22.8 Å². The van der Waals surface area contributed by atoms with Gasteiger partial charge in [-0.05, 0) is 302 Å². The Hall–Kier alpha value is -12.1. The Morgan fingerprint density at radius 1 is 0.176 bits per heavy atom. The Kier molecular flexibility index (Phi) is 50.1. The van der Waals surface area contributed by atoms with Gasteiger partial charge in [-0.3, -0.25) is 19.9 Å². The third-order valence-corrected chi connectivity index (χ3v) is 24.1. The minimum absolute atomic E-state index is 0. The number of pyridine rings is 4. The van der Waals surface area contributed by atoms with Crippen LogP contribution in [0.15, 0.2) is 280 Å². The fraction of sp³-hybridized carbons (Fsp3) is 0.246. The largest absolute Gasteiger partial charge is 2.00 e. The Labute approximate surface area is 883 Å². The molecular weight excluding hydrogens is 2100 g/mol. The summed E-state index contributed by atoms with van der Waals surface area (Å²) in [4.78, 5) is 19.1. The Morgan fingerprint density at radius 2 is 0.264 bits per heavy atom. The molecule has 796 valence electrons. The number of halogens is 12. The number of benzene rings is 11. The van der Waals surface area contributed by atoms with Crippen LogP contribution in [0.3, 0.4) is 0 Å². The zero-order valence-corrected chi connectivity index (χ0v) is 91.2. The van der Waals surface area contributed by atoms with Crippen molar-refractivity contribution >= 4 is 40.5 Å². The standard InChI is InChI=1S/4C23H25N.3C6H6.4CHF3O3S.2Cu/c4*1-14-9-16(3)22(17(4)10-14)20-7-8-21(24-13-20)23-18(5)11-15(2)12-19(23)6;3*1-2-4-6-5-3-1;4*2-1(3,4)8(5,6)7;;/h4*7-13H,1-6H3;3*1-6H;4*(H,5,6,7);;/q;;;;;;;;;;;2*+2/p-4. The van der Waals surface area contributed by atoms with Crippen molar-refractivity contribution in [1.82, 2.24) is 19.9 Å². The molecule has 0 aliphatic rings. The molecule has 16 nitrogen and oxygen atoms in total. The number of nitrogens with zero attached hydrogens (tertiary/aromatic N) is 4. The van der Waals surface area contributed by atoms with E-state index in [2.05, 4.69) is 312 Å². The van der Waals surface area contributed by atoms with E-state index in [1.165, 1.54) is 200 Å². The predicted octanol–water partition coefficient (Wildman–Crippen LogP) is 30.3. The van der Waals surface area contributed by atoms with E-state index in [9.17, 15) is 52.7 Å². The Morgan fingerprint density at radius 3 is 0.338 bits per heavy atom. The molecule has 0 saturated carbocycles. The summed E-state index contributed by atoms with van der Waals surface area (Å²) in [7, 11) is -24.4. The molecule has 0 amide bonds. The summed E-state index contributed by atoms with van der Waals surface area (Å²) >= 11 is 0. The van der Waals surface area contributed by atoms with E-state index in [0.717, 1.165) is 22.8 Å². The van der Waals surface area contributed by atoms with E-state index >= 15 is 0 Å². The van der Waals surface area contributed by atoms with E-state index in [4.69, 9.17) is 71.8 Å². The smallest absolute Gasteiger partial charge is 0.741 e. The maximum absolute atomic E-state index is 10.7. The number of aromatic nitrogens is 4. The molecule has 4 aromatic heterocycles. The summed E-state index contributed by atoms with van der Waals surface area (Å²) in [6.07, 6.45) is 8.05. The number of alkyl halides is 12. The maximum Gasteiger partial charge on any atom is 2.00 e. The molecule has 0 bridgehead atoms. The zero-order chi connectivity index (χ0) is 110. The van der Waals surface area contributed by atoms with Gasteiger partial charge in [-0.15, -0.1) is 0 Å². The van der Waals surface area contributed by atoms with Crippen LogP contribution in [0, 0.1) is 166 Å². The van der Waals surface area contributed by atoms with Crippen molar-refractivity contribution in [3.63, 3.8) is 0 Å². The first kappa shape index (κ1) is 130. The van der Waals surface area contributed by atoms with Crippen LogP contribution in [0.2, 0.25) is 0 Å². The van der Waals surface area contributed by atoms with Crippen molar-refractivity contribution in [1.29, 1.82) is 0 Å². The minimum Gasteiger partial charge on any atom is -0.741 e. The van der Waals surface area contributed by atoms with Crippen molar-refractivity contribution in [3.05, 3.63) is 413 Å². The second kappa shape index (κ2) is 57.0. The number of hydrogen-bond donors (Lipinski definition) is 0. The molecule has 0 aliphatic heterocycles. The first-order valence-electron chi connectivity index (χ1n) is 45.0. The van der Waals surface area contributed by atoms with Gasteiger partial charge < -0.3 is 18.2 Å². The summed E-state index contributed by atoms with van der Waals surface area (Å²) in [5.41, 5.74) is 27.8. The van der Waals surface area contributed by atoms with Crippen molar-refractivity contribution in [3.8, 4) is 89.5 Å². The minimum atomic E-state index is -6.09. The van der Waals surface area contributed by atoms with Crippen LogP contribution in [0.25, 0.3) is 89.5 Å². The van der Waals surface area contributed by atoms with Gasteiger partial charge in [-0.25, -0.2) is 33.7 Å². The second-order valence-corrected chi connectivity index (χ2v) is 40.5. The van der Waals surface area contributed by atoms with Crippen molar-refractivity contribution in [2.45, 2.75) is 188 Å². The number of hydrogen-bond acceptors (Lipinski definition) is 16. The molecule has 11 aromatic carbocycles. The summed E-state index contributed by atoms with van der Waals surface area (Å²) in [5, 5.41) is 0. The third kappa shape index (κ3) is 40.4. The van der Waals surface area contributed by atoms with Crippen molar-refractivity contribution in [2.24, 2.45) is 0 Å². The van der Waals surface area contributed by atoms with Gasteiger partial charge in [-0.1, -0.05) is 275 Å². The quantitative estimate of drug-likeness (QED) is 0.0591. The molecule has 0 aliphatic carbocycles. The average molecular weight is 2220 g/mol. The van der Waals surface area contributed by atoms with Gasteiger partial charge in [-0.2, -0.15) is 52.7 Å². The summed E-state index contributed by atoms with van der Waals surface area (Å²) < 4.78 is 236. The Balaban J connectivity index is 0.000000437. The van der Waals surface area contributed by atoms with Crippen LogP contribution in [0.1, 0.15) is 134 Å². The van der Waals surface area contributed by atoms with Crippen LogP contribution < -0.4 is 0 Å².